The van der Waals surface area contributed by atoms with Crippen molar-refractivity contribution in [3.8, 4) is 22.9 Å². The number of anilines is 1. The van der Waals surface area contributed by atoms with E-state index < -0.39 is 35.8 Å². The molecule has 0 spiro atoms. The number of rotatable bonds is 9. The molecule has 1 atom stereocenters. The molecular formula is C28H30ClFN6O5. The van der Waals surface area contributed by atoms with E-state index in [1.54, 1.807) is 37.3 Å². The van der Waals surface area contributed by atoms with E-state index in [4.69, 9.17) is 25.5 Å². The molecule has 4 aromatic rings. The summed E-state index contributed by atoms with van der Waals surface area (Å²) < 4.78 is 30.5. The standard InChI is InChI=1S/C28H30ClFN6O5/c1-16-7-11-22(41-16)25(27(38)31-28(2,3)4)36(18-9-10-20(30)19(29)14-18)24(37)15-35-33-26(32-34-35)17-8-12-21(39-5)23(13-17)40-6/h7-14,25H,15H2,1-6H3,(H,31,38)/t25-/m0/s1. The van der Waals surface area contributed by atoms with Gasteiger partial charge < -0.3 is 19.2 Å². The molecule has 2 heterocycles. The minimum atomic E-state index is -1.26. The predicted molar refractivity (Wildman–Crippen MR) is 149 cm³/mol. The summed E-state index contributed by atoms with van der Waals surface area (Å²) in [4.78, 5) is 29.9. The van der Waals surface area contributed by atoms with E-state index in [2.05, 4.69) is 20.7 Å². The Labute approximate surface area is 241 Å². The molecule has 0 radical (unpaired) electrons. The van der Waals surface area contributed by atoms with E-state index in [1.165, 1.54) is 31.3 Å². The van der Waals surface area contributed by atoms with E-state index >= 15 is 0 Å². The lowest BCUT2D eigenvalue weighted by Crippen LogP contribution is -2.50. The monoisotopic (exact) mass is 584 g/mol. The van der Waals surface area contributed by atoms with Crippen LogP contribution in [0.3, 0.4) is 0 Å². The number of carbonyl (C=O) groups is 2. The number of nitrogens with one attached hydrogen (secondary N) is 1. The quantitative estimate of drug-likeness (QED) is 0.299. The van der Waals surface area contributed by atoms with Crippen molar-refractivity contribution in [1.29, 1.82) is 0 Å². The van der Waals surface area contributed by atoms with Crippen LogP contribution >= 0.6 is 11.6 Å². The Kier molecular flexibility index (Phi) is 8.62. The van der Waals surface area contributed by atoms with E-state index in [-0.39, 0.29) is 22.3 Å². The molecule has 13 heteroatoms. The van der Waals surface area contributed by atoms with Crippen molar-refractivity contribution in [2.45, 2.75) is 45.8 Å². The van der Waals surface area contributed by atoms with Gasteiger partial charge in [0.05, 0.1) is 19.2 Å². The van der Waals surface area contributed by atoms with Gasteiger partial charge in [-0.05, 0) is 81.4 Å². The molecule has 11 nitrogen and oxygen atoms in total. The first kappa shape index (κ1) is 29.5. The number of nitrogens with zero attached hydrogens (tertiary/aromatic N) is 5. The molecule has 1 N–H and O–H groups in total. The highest BCUT2D eigenvalue weighted by Gasteiger charge is 2.37. The predicted octanol–water partition coefficient (Wildman–Crippen LogP) is 4.74. The number of carbonyl (C=O) groups excluding carboxylic acids is 2. The molecule has 4 rings (SSSR count). The number of benzene rings is 2. The van der Waals surface area contributed by atoms with Gasteiger partial charge in [0.25, 0.3) is 11.8 Å². The third-order valence-corrected chi connectivity index (χ3v) is 6.15. The second-order valence-corrected chi connectivity index (χ2v) is 10.6. The van der Waals surface area contributed by atoms with E-state index in [9.17, 15) is 14.0 Å². The van der Waals surface area contributed by atoms with Crippen molar-refractivity contribution in [1.82, 2.24) is 25.5 Å². The second kappa shape index (κ2) is 12.0. The molecule has 0 saturated carbocycles. The van der Waals surface area contributed by atoms with Crippen LogP contribution in [0.2, 0.25) is 5.02 Å². The highest BCUT2D eigenvalue weighted by molar-refractivity contribution is 6.31. The van der Waals surface area contributed by atoms with E-state index in [1.807, 2.05) is 20.8 Å². The normalized spacial score (nSPS) is 12.1. The Morgan fingerprint density at radius 2 is 1.83 bits per heavy atom. The zero-order valence-corrected chi connectivity index (χ0v) is 24.2. The number of furan rings is 1. The maximum absolute atomic E-state index is 14.1. The van der Waals surface area contributed by atoms with Crippen molar-refractivity contribution in [2.24, 2.45) is 0 Å². The van der Waals surface area contributed by atoms with Gasteiger partial charge in [-0.15, -0.1) is 10.2 Å². The number of hydrogen-bond acceptors (Lipinski definition) is 8. The van der Waals surface area contributed by atoms with E-state index in [0.29, 0.717) is 22.8 Å². The van der Waals surface area contributed by atoms with Gasteiger partial charge >= 0.3 is 0 Å². The summed E-state index contributed by atoms with van der Waals surface area (Å²) in [5.41, 5.74) is 0.121. The molecule has 2 amide bonds. The Morgan fingerprint density at radius 1 is 1.10 bits per heavy atom. The lowest BCUT2D eigenvalue weighted by molar-refractivity contribution is -0.128. The van der Waals surface area contributed by atoms with Crippen LogP contribution in [0.4, 0.5) is 10.1 Å². The fraction of sp³-hybridized carbons (Fsp3) is 0.321. The summed E-state index contributed by atoms with van der Waals surface area (Å²) in [6.07, 6.45) is 0. The molecule has 2 aromatic heterocycles. The number of hydrogen-bond donors (Lipinski definition) is 1. The molecule has 0 fully saturated rings. The molecule has 0 aliphatic heterocycles. The summed E-state index contributed by atoms with van der Waals surface area (Å²) in [6, 6.07) is 10.9. The molecule has 41 heavy (non-hydrogen) atoms. The number of tetrazole rings is 1. The summed E-state index contributed by atoms with van der Waals surface area (Å²) in [7, 11) is 3.03. The van der Waals surface area contributed by atoms with Crippen molar-refractivity contribution < 1.29 is 27.9 Å². The molecule has 216 valence electrons. The SMILES string of the molecule is COc1ccc(-c2nnn(CC(=O)N(c3ccc(F)c(Cl)c3)[C@H](C(=O)NC(C)(C)C)c3ccc(C)o3)n2)cc1OC. The van der Waals surface area contributed by atoms with Crippen LogP contribution < -0.4 is 19.7 Å². The maximum Gasteiger partial charge on any atom is 0.251 e. The van der Waals surface area contributed by atoms with Crippen molar-refractivity contribution in [2.75, 3.05) is 19.1 Å². The number of amides is 2. The zero-order chi connectivity index (χ0) is 29.9. The van der Waals surface area contributed by atoms with Crippen LogP contribution in [-0.4, -0.2) is 51.8 Å². The fourth-order valence-electron chi connectivity index (χ4n) is 4.08. The van der Waals surface area contributed by atoms with Gasteiger partial charge in [0.1, 0.15) is 23.9 Å². The Hall–Kier alpha value is -4.45. The third kappa shape index (κ3) is 6.83. The van der Waals surface area contributed by atoms with Gasteiger partial charge in [-0.2, -0.15) is 4.80 Å². The molecule has 0 unspecified atom stereocenters. The van der Waals surface area contributed by atoms with Crippen LogP contribution in [0.1, 0.15) is 38.3 Å². The maximum atomic E-state index is 14.1. The zero-order valence-electron chi connectivity index (χ0n) is 23.4. The summed E-state index contributed by atoms with van der Waals surface area (Å²) in [5.74, 6) is 0.179. The highest BCUT2D eigenvalue weighted by atomic mass is 35.5. The van der Waals surface area contributed by atoms with Gasteiger partial charge in [0.15, 0.2) is 17.5 Å². The second-order valence-electron chi connectivity index (χ2n) is 10.2. The van der Waals surface area contributed by atoms with Crippen LogP contribution in [-0.2, 0) is 16.1 Å². The van der Waals surface area contributed by atoms with Gasteiger partial charge in [0.2, 0.25) is 5.82 Å². The molecule has 0 aliphatic carbocycles. The minimum absolute atomic E-state index is 0.171. The van der Waals surface area contributed by atoms with Gasteiger partial charge in [0, 0.05) is 16.8 Å². The Morgan fingerprint density at radius 3 is 2.44 bits per heavy atom. The number of aryl methyl sites for hydroxylation is 1. The Balaban J connectivity index is 1.73. The summed E-state index contributed by atoms with van der Waals surface area (Å²) >= 11 is 6.09. The van der Waals surface area contributed by atoms with Crippen LogP contribution in [0.15, 0.2) is 52.9 Å². The van der Waals surface area contributed by atoms with Gasteiger partial charge in [-0.25, -0.2) is 4.39 Å². The van der Waals surface area contributed by atoms with Gasteiger partial charge in [-0.1, -0.05) is 11.6 Å². The average Bonchev–Trinajstić information content (AvgIpc) is 3.56. The smallest absolute Gasteiger partial charge is 0.251 e. The van der Waals surface area contributed by atoms with Crippen LogP contribution in [0.5, 0.6) is 11.5 Å². The first-order valence-electron chi connectivity index (χ1n) is 12.6. The van der Waals surface area contributed by atoms with Crippen molar-refractivity contribution >= 4 is 29.1 Å². The van der Waals surface area contributed by atoms with E-state index in [0.717, 1.165) is 10.9 Å². The average molecular weight is 585 g/mol. The first-order valence-corrected chi connectivity index (χ1v) is 12.9. The van der Waals surface area contributed by atoms with Crippen molar-refractivity contribution in [3.05, 3.63) is 70.9 Å². The molecule has 2 aromatic carbocycles. The third-order valence-electron chi connectivity index (χ3n) is 5.86. The topological polar surface area (TPSA) is 125 Å². The number of methoxy groups -OCH3 is 2. The first-order chi connectivity index (χ1) is 19.4. The number of halogens is 2. The lowest BCUT2D eigenvalue weighted by atomic mass is 10.1. The summed E-state index contributed by atoms with van der Waals surface area (Å²) in [6.45, 7) is 6.74. The number of ether oxygens (including phenoxy) is 2. The Bertz CT molecular complexity index is 1560. The highest BCUT2D eigenvalue weighted by Crippen LogP contribution is 2.33. The largest absolute Gasteiger partial charge is 0.493 e. The van der Waals surface area contributed by atoms with Crippen molar-refractivity contribution in [3.63, 3.8) is 0 Å². The van der Waals surface area contributed by atoms with Crippen LogP contribution in [0, 0.1) is 12.7 Å². The molecule has 0 saturated heterocycles. The molecule has 0 bridgehead atoms. The van der Waals surface area contributed by atoms with Gasteiger partial charge in [-0.3, -0.25) is 14.5 Å². The lowest BCUT2D eigenvalue weighted by Gasteiger charge is -2.32. The fourth-order valence-corrected chi connectivity index (χ4v) is 4.26. The van der Waals surface area contributed by atoms with Crippen LogP contribution in [0.25, 0.3) is 11.4 Å². The number of aromatic nitrogens is 4. The molecule has 0 aliphatic rings. The molecular weight excluding hydrogens is 555 g/mol. The minimum Gasteiger partial charge on any atom is -0.493 e. The summed E-state index contributed by atoms with van der Waals surface area (Å²) in [5, 5.41) is 15.1.